The van der Waals surface area contributed by atoms with E-state index in [4.69, 9.17) is 11.6 Å². The number of aliphatic hydroxyl groups excluding tert-OH is 1. The van der Waals surface area contributed by atoms with E-state index >= 15 is 0 Å². The Morgan fingerprint density at radius 3 is 2.62 bits per heavy atom. The summed E-state index contributed by atoms with van der Waals surface area (Å²) in [5.74, 6) is 0.585. The van der Waals surface area contributed by atoms with Gasteiger partial charge in [-0.15, -0.1) is 0 Å². The van der Waals surface area contributed by atoms with Crippen molar-refractivity contribution in [2.24, 2.45) is 5.92 Å². The van der Waals surface area contributed by atoms with Crippen molar-refractivity contribution in [3.8, 4) is 0 Å². The van der Waals surface area contributed by atoms with E-state index in [9.17, 15) is 9.90 Å². The second-order valence-electron chi connectivity index (χ2n) is 5.94. The van der Waals surface area contributed by atoms with E-state index in [1.807, 2.05) is 29.2 Å². The summed E-state index contributed by atoms with van der Waals surface area (Å²) in [6.45, 7) is 2.83. The van der Waals surface area contributed by atoms with Crippen molar-refractivity contribution < 1.29 is 9.90 Å². The lowest BCUT2D eigenvalue weighted by Crippen LogP contribution is -2.46. The number of amides is 1. The smallest absolute Gasteiger partial charge is 0.244 e. The SMILES string of the molecule is O=C1C(N2CCC(CO)CC2)CCN1c1cccc(Cl)c1. The first-order chi connectivity index (χ1) is 10.2. The van der Waals surface area contributed by atoms with Gasteiger partial charge in [0.15, 0.2) is 0 Å². The monoisotopic (exact) mass is 308 g/mol. The molecule has 0 radical (unpaired) electrons. The predicted octanol–water partition coefficient (Wildman–Crippen LogP) is 2.15. The van der Waals surface area contributed by atoms with E-state index in [0.717, 1.165) is 44.6 Å². The van der Waals surface area contributed by atoms with Gasteiger partial charge in [-0.1, -0.05) is 17.7 Å². The lowest BCUT2D eigenvalue weighted by molar-refractivity contribution is -0.122. The number of benzene rings is 1. The van der Waals surface area contributed by atoms with Gasteiger partial charge >= 0.3 is 0 Å². The molecule has 0 aliphatic carbocycles. The van der Waals surface area contributed by atoms with Crippen LogP contribution in [0, 0.1) is 5.92 Å². The number of aliphatic hydroxyl groups is 1. The van der Waals surface area contributed by atoms with Crippen molar-refractivity contribution in [3.05, 3.63) is 29.3 Å². The second kappa shape index (κ2) is 6.34. The summed E-state index contributed by atoms with van der Waals surface area (Å²) in [5, 5.41) is 9.86. The van der Waals surface area contributed by atoms with Crippen LogP contribution >= 0.6 is 11.6 Å². The number of nitrogens with zero attached hydrogens (tertiary/aromatic N) is 2. The Balaban J connectivity index is 1.67. The summed E-state index contributed by atoms with van der Waals surface area (Å²) in [4.78, 5) is 16.8. The predicted molar refractivity (Wildman–Crippen MR) is 83.6 cm³/mol. The first-order valence-electron chi connectivity index (χ1n) is 7.61. The maximum Gasteiger partial charge on any atom is 0.244 e. The highest BCUT2D eigenvalue weighted by molar-refractivity contribution is 6.30. The highest BCUT2D eigenvalue weighted by atomic mass is 35.5. The highest BCUT2D eigenvalue weighted by Crippen LogP contribution is 2.28. The minimum atomic E-state index is -0.0105. The third kappa shape index (κ3) is 3.07. The molecule has 114 valence electrons. The number of carbonyl (C=O) groups is 1. The molecule has 3 rings (SSSR count). The molecule has 0 bridgehead atoms. The molecular formula is C16H21ClN2O2. The average Bonchev–Trinajstić information content (AvgIpc) is 2.89. The number of rotatable bonds is 3. The quantitative estimate of drug-likeness (QED) is 0.930. The summed E-state index contributed by atoms with van der Waals surface area (Å²) in [6.07, 6.45) is 2.84. The molecule has 1 N–H and O–H groups in total. The molecule has 2 aliphatic rings. The molecule has 2 saturated heterocycles. The van der Waals surface area contributed by atoms with Crippen molar-refractivity contribution in [2.45, 2.75) is 25.3 Å². The first-order valence-corrected chi connectivity index (χ1v) is 7.98. The summed E-state index contributed by atoms with van der Waals surface area (Å²) in [7, 11) is 0. The van der Waals surface area contributed by atoms with Gasteiger partial charge < -0.3 is 10.0 Å². The molecule has 21 heavy (non-hydrogen) atoms. The summed E-state index contributed by atoms with van der Waals surface area (Å²) < 4.78 is 0. The number of likely N-dealkylation sites (tertiary alicyclic amines) is 1. The van der Waals surface area contributed by atoms with Crippen molar-refractivity contribution in [1.82, 2.24) is 4.90 Å². The normalized spacial score (nSPS) is 24.8. The number of halogens is 1. The van der Waals surface area contributed by atoms with Crippen LogP contribution in [-0.4, -0.2) is 48.2 Å². The van der Waals surface area contributed by atoms with Crippen LogP contribution in [0.5, 0.6) is 0 Å². The Kier molecular flexibility index (Phi) is 4.48. The number of hydrogen-bond acceptors (Lipinski definition) is 3. The molecule has 1 amide bonds. The van der Waals surface area contributed by atoms with Gasteiger partial charge in [-0.3, -0.25) is 9.69 Å². The maximum absolute atomic E-state index is 12.7. The molecular weight excluding hydrogens is 288 g/mol. The van der Waals surface area contributed by atoms with Gasteiger partial charge in [0.25, 0.3) is 0 Å². The lowest BCUT2D eigenvalue weighted by atomic mass is 9.96. The Bertz CT molecular complexity index is 515. The minimum Gasteiger partial charge on any atom is -0.396 e. The highest BCUT2D eigenvalue weighted by Gasteiger charge is 2.37. The molecule has 5 heteroatoms. The van der Waals surface area contributed by atoms with Crippen LogP contribution in [-0.2, 0) is 4.79 Å². The van der Waals surface area contributed by atoms with Gasteiger partial charge in [0.05, 0.1) is 6.04 Å². The lowest BCUT2D eigenvalue weighted by Gasteiger charge is -2.34. The standard InChI is InChI=1S/C16H21ClN2O2/c17-13-2-1-3-14(10-13)19-9-6-15(16(19)21)18-7-4-12(11-20)5-8-18/h1-3,10,12,15,20H,4-9,11H2. The van der Waals surface area contributed by atoms with Gasteiger partial charge in [-0.05, 0) is 56.5 Å². The maximum atomic E-state index is 12.7. The molecule has 1 aromatic carbocycles. The third-order valence-corrected chi connectivity index (χ3v) is 4.88. The van der Waals surface area contributed by atoms with Crippen molar-refractivity contribution in [1.29, 1.82) is 0 Å². The Labute approximate surface area is 130 Å². The zero-order valence-corrected chi connectivity index (χ0v) is 12.8. The van der Waals surface area contributed by atoms with E-state index in [1.54, 1.807) is 0 Å². The minimum absolute atomic E-state index is 0.0105. The van der Waals surface area contributed by atoms with Gasteiger partial charge in [0, 0.05) is 23.9 Å². The largest absolute Gasteiger partial charge is 0.396 e. The van der Waals surface area contributed by atoms with Gasteiger partial charge in [0.1, 0.15) is 0 Å². The summed E-state index contributed by atoms with van der Waals surface area (Å²) in [5.41, 5.74) is 0.889. The van der Waals surface area contributed by atoms with E-state index in [1.165, 1.54) is 0 Å². The van der Waals surface area contributed by atoms with Crippen LogP contribution in [0.2, 0.25) is 5.02 Å². The van der Waals surface area contributed by atoms with Crippen molar-refractivity contribution >= 4 is 23.2 Å². The van der Waals surface area contributed by atoms with Crippen LogP contribution in [0.4, 0.5) is 5.69 Å². The van der Waals surface area contributed by atoms with Crippen LogP contribution in [0.3, 0.4) is 0 Å². The Morgan fingerprint density at radius 2 is 1.95 bits per heavy atom. The Morgan fingerprint density at radius 1 is 1.19 bits per heavy atom. The molecule has 0 saturated carbocycles. The molecule has 4 nitrogen and oxygen atoms in total. The van der Waals surface area contributed by atoms with Crippen LogP contribution in [0.25, 0.3) is 0 Å². The van der Waals surface area contributed by atoms with Gasteiger partial charge in [0.2, 0.25) is 5.91 Å². The van der Waals surface area contributed by atoms with Crippen LogP contribution in [0.15, 0.2) is 24.3 Å². The van der Waals surface area contributed by atoms with E-state index in [0.29, 0.717) is 10.9 Å². The van der Waals surface area contributed by atoms with Crippen molar-refractivity contribution in [2.75, 3.05) is 31.1 Å². The molecule has 1 aromatic rings. The van der Waals surface area contributed by atoms with E-state index in [-0.39, 0.29) is 18.6 Å². The number of anilines is 1. The van der Waals surface area contributed by atoms with Gasteiger partial charge in [-0.2, -0.15) is 0 Å². The first kappa shape index (κ1) is 14.8. The number of piperidine rings is 1. The zero-order chi connectivity index (χ0) is 14.8. The molecule has 2 aliphatic heterocycles. The molecule has 2 heterocycles. The van der Waals surface area contributed by atoms with Crippen LogP contribution in [0.1, 0.15) is 19.3 Å². The Hall–Kier alpha value is -1.10. The fraction of sp³-hybridized carbons (Fsp3) is 0.562. The average molecular weight is 309 g/mol. The molecule has 0 aromatic heterocycles. The van der Waals surface area contributed by atoms with E-state index in [2.05, 4.69) is 4.90 Å². The molecule has 0 spiro atoms. The van der Waals surface area contributed by atoms with Crippen LogP contribution < -0.4 is 4.90 Å². The fourth-order valence-corrected chi connectivity index (χ4v) is 3.54. The van der Waals surface area contributed by atoms with Gasteiger partial charge in [-0.25, -0.2) is 0 Å². The molecule has 1 atom stereocenters. The topological polar surface area (TPSA) is 43.8 Å². The number of hydrogen-bond donors (Lipinski definition) is 1. The fourth-order valence-electron chi connectivity index (χ4n) is 3.35. The summed E-state index contributed by atoms with van der Waals surface area (Å²) >= 11 is 6.02. The van der Waals surface area contributed by atoms with Crippen molar-refractivity contribution in [3.63, 3.8) is 0 Å². The second-order valence-corrected chi connectivity index (χ2v) is 6.37. The van der Waals surface area contributed by atoms with E-state index < -0.39 is 0 Å². The molecule has 2 fully saturated rings. The summed E-state index contributed by atoms with van der Waals surface area (Å²) in [6, 6.07) is 7.47. The number of carbonyl (C=O) groups excluding carboxylic acids is 1. The molecule has 1 unspecified atom stereocenters. The third-order valence-electron chi connectivity index (χ3n) is 4.65. The zero-order valence-electron chi connectivity index (χ0n) is 12.0.